The summed E-state index contributed by atoms with van der Waals surface area (Å²) in [5.74, 6) is 0.997. The van der Waals surface area contributed by atoms with Crippen LogP contribution < -0.4 is 10.6 Å². The zero-order chi connectivity index (χ0) is 16.8. The van der Waals surface area contributed by atoms with Crippen LogP contribution in [0.5, 0.6) is 0 Å². The molecule has 138 valence electrons. The van der Waals surface area contributed by atoms with Crippen molar-refractivity contribution in [1.29, 1.82) is 0 Å². The van der Waals surface area contributed by atoms with Crippen LogP contribution in [0.4, 0.5) is 0 Å². The molecule has 0 bridgehead atoms. The molecule has 5 nitrogen and oxygen atoms in total. The highest BCUT2D eigenvalue weighted by atomic mass is 35.5. The topological polar surface area (TPSA) is 61.4 Å². The lowest BCUT2D eigenvalue weighted by Crippen LogP contribution is -2.27. The van der Waals surface area contributed by atoms with E-state index in [9.17, 15) is 9.59 Å². The van der Waals surface area contributed by atoms with Gasteiger partial charge in [0.2, 0.25) is 11.8 Å². The van der Waals surface area contributed by atoms with Crippen LogP contribution in [-0.2, 0) is 22.7 Å². The average molecular weight is 366 g/mol. The molecule has 25 heavy (non-hydrogen) atoms. The smallest absolute Gasteiger partial charge is 0.222 e. The van der Waals surface area contributed by atoms with Crippen molar-refractivity contribution in [3.05, 3.63) is 35.4 Å². The second-order valence-corrected chi connectivity index (χ2v) is 6.86. The molecule has 2 N–H and O–H groups in total. The van der Waals surface area contributed by atoms with Crippen molar-refractivity contribution in [2.24, 2.45) is 5.92 Å². The van der Waals surface area contributed by atoms with E-state index in [1.54, 1.807) is 0 Å². The molecule has 2 heterocycles. The molecule has 0 spiro atoms. The SMILES string of the molecule is Cl.O=C(CCC1CCNC1)NCc1ccccc1CN1CCCC1=O. The van der Waals surface area contributed by atoms with Gasteiger partial charge in [0.1, 0.15) is 0 Å². The van der Waals surface area contributed by atoms with E-state index in [2.05, 4.69) is 16.7 Å². The van der Waals surface area contributed by atoms with Gasteiger partial charge in [-0.15, -0.1) is 12.4 Å². The molecule has 1 atom stereocenters. The largest absolute Gasteiger partial charge is 0.352 e. The number of benzene rings is 1. The maximum absolute atomic E-state index is 12.1. The molecule has 2 fully saturated rings. The van der Waals surface area contributed by atoms with E-state index < -0.39 is 0 Å². The van der Waals surface area contributed by atoms with Gasteiger partial charge in [0.15, 0.2) is 0 Å². The molecule has 6 heteroatoms. The lowest BCUT2D eigenvalue weighted by atomic mass is 10.0. The molecule has 1 aromatic carbocycles. The number of likely N-dealkylation sites (tertiary alicyclic amines) is 1. The third-order valence-corrected chi connectivity index (χ3v) is 5.07. The predicted octanol–water partition coefficient (Wildman–Crippen LogP) is 2.24. The standard InChI is InChI=1S/C19H27N3O2.ClH/c23-18(8-7-15-9-10-20-12-15)21-13-16-4-1-2-5-17(16)14-22-11-3-6-19(22)24;/h1-2,4-5,15,20H,3,6-14H2,(H,21,23);1H. The predicted molar refractivity (Wildman–Crippen MR) is 100 cm³/mol. The molecule has 2 amide bonds. The monoisotopic (exact) mass is 365 g/mol. The maximum atomic E-state index is 12.1. The van der Waals surface area contributed by atoms with Gasteiger partial charge in [-0.3, -0.25) is 9.59 Å². The highest BCUT2D eigenvalue weighted by molar-refractivity contribution is 5.85. The van der Waals surface area contributed by atoms with Crippen molar-refractivity contribution in [2.75, 3.05) is 19.6 Å². The molecule has 0 aromatic heterocycles. The minimum absolute atomic E-state index is 0. The van der Waals surface area contributed by atoms with Crippen molar-refractivity contribution in [1.82, 2.24) is 15.5 Å². The summed E-state index contributed by atoms with van der Waals surface area (Å²) >= 11 is 0. The summed E-state index contributed by atoms with van der Waals surface area (Å²) in [6.45, 7) is 4.16. The Bertz CT molecular complexity index is 588. The highest BCUT2D eigenvalue weighted by Crippen LogP contribution is 2.18. The Morgan fingerprint density at radius 2 is 2.08 bits per heavy atom. The molecular weight excluding hydrogens is 338 g/mol. The summed E-state index contributed by atoms with van der Waals surface area (Å²) in [7, 11) is 0. The number of halogens is 1. The third kappa shape index (κ3) is 5.72. The van der Waals surface area contributed by atoms with Crippen LogP contribution in [0.25, 0.3) is 0 Å². The third-order valence-electron chi connectivity index (χ3n) is 5.07. The van der Waals surface area contributed by atoms with E-state index in [1.807, 2.05) is 23.1 Å². The van der Waals surface area contributed by atoms with Gasteiger partial charge in [0.05, 0.1) is 0 Å². The number of hydrogen-bond acceptors (Lipinski definition) is 3. The number of nitrogens with one attached hydrogen (secondary N) is 2. The summed E-state index contributed by atoms with van der Waals surface area (Å²) < 4.78 is 0. The molecule has 2 saturated heterocycles. The van der Waals surface area contributed by atoms with Crippen LogP contribution >= 0.6 is 12.4 Å². The van der Waals surface area contributed by atoms with Crippen molar-refractivity contribution >= 4 is 24.2 Å². The van der Waals surface area contributed by atoms with Gasteiger partial charge in [0.25, 0.3) is 0 Å². The maximum Gasteiger partial charge on any atom is 0.222 e. The Morgan fingerprint density at radius 3 is 2.76 bits per heavy atom. The average Bonchev–Trinajstić information content (AvgIpc) is 3.24. The summed E-state index contributed by atoms with van der Waals surface area (Å²) in [5, 5.41) is 6.37. The first-order valence-corrected chi connectivity index (χ1v) is 9.04. The molecule has 2 aliphatic rings. The lowest BCUT2D eigenvalue weighted by molar-refractivity contribution is -0.128. The van der Waals surface area contributed by atoms with Crippen molar-refractivity contribution < 1.29 is 9.59 Å². The van der Waals surface area contributed by atoms with Crippen molar-refractivity contribution in [3.8, 4) is 0 Å². The van der Waals surface area contributed by atoms with Gasteiger partial charge in [-0.1, -0.05) is 24.3 Å². The molecule has 2 aliphatic heterocycles. The summed E-state index contributed by atoms with van der Waals surface area (Å²) in [6, 6.07) is 8.07. The first-order valence-electron chi connectivity index (χ1n) is 9.04. The lowest BCUT2D eigenvalue weighted by Gasteiger charge is -2.18. The fourth-order valence-corrected chi connectivity index (χ4v) is 3.54. The van der Waals surface area contributed by atoms with Crippen LogP contribution in [0.3, 0.4) is 0 Å². The zero-order valence-electron chi connectivity index (χ0n) is 14.6. The minimum atomic E-state index is 0. The number of nitrogens with zero attached hydrogens (tertiary/aromatic N) is 1. The van der Waals surface area contributed by atoms with Crippen LogP contribution in [0, 0.1) is 5.92 Å². The Balaban J connectivity index is 0.00000225. The van der Waals surface area contributed by atoms with Crippen LogP contribution in [-0.4, -0.2) is 36.3 Å². The number of rotatable bonds is 7. The molecule has 3 rings (SSSR count). The summed E-state index contributed by atoms with van der Waals surface area (Å²) in [6.07, 6.45) is 4.35. The van der Waals surface area contributed by atoms with Gasteiger partial charge in [0, 0.05) is 32.5 Å². The fourth-order valence-electron chi connectivity index (χ4n) is 3.54. The first kappa shape index (κ1) is 19.7. The molecule has 0 aliphatic carbocycles. The zero-order valence-corrected chi connectivity index (χ0v) is 15.4. The van der Waals surface area contributed by atoms with Gasteiger partial charge in [-0.05, 0) is 49.4 Å². The Morgan fingerprint density at radius 1 is 1.28 bits per heavy atom. The summed E-state index contributed by atoms with van der Waals surface area (Å²) in [5.41, 5.74) is 2.24. The van der Waals surface area contributed by atoms with Crippen LogP contribution in [0.15, 0.2) is 24.3 Å². The molecule has 0 radical (unpaired) electrons. The fraction of sp³-hybridized carbons (Fsp3) is 0.579. The normalized spacial score (nSPS) is 19.8. The summed E-state index contributed by atoms with van der Waals surface area (Å²) in [4.78, 5) is 25.8. The van der Waals surface area contributed by atoms with E-state index in [4.69, 9.17) is 0 Å². The van der Waals surface area contributed by atoms with Crippen LogP contribution in [0.2, 0.25) is 0 Å². The van der Waals surface area contributed by atoms with Gasteiger partial charge in [-0.25, -0.2) is 0 Å². The number of hydrogen-bond donors (Lipinski definition) is 2. The van der Waals surface area contributed by atoms with Gasteiger partial charge >= 0.3 is 0 Å². The second kappa shape index (κ2) is 9.78. The van der Waals surface area contributed by atoms with E-state index in [0.29, 0.717) is 31.8 Å². The van der Waals surface area contributed by atoms with E-state index in [-0.39, 0.29) is 24.2 Å². The number of amides is 2. The Labute approximate surface area is 155 Å². The Kier molecular flexibility index (Phi) is 7.72. The quantitative estimate of drug-likeness (QED) is 0.779. The first-order chi connectivity index (χ1) is 11.7. The van der Waals surface area contributed by atoms with Gasteiger partial charge in [-0.2, -0.15) is 0 Å². The van der Waals surface area contributed by atoms with E-state index in [1.165, 1.54) is 6.42 Å². The van der Waals surface area contributed by atoms with Crippen molar-refractivity contribution in [3.63, 3.8) is 0 Å². The van der Waals surface area contributed by atoms with E-state index in [0.717, 1.165) is 43.6 Å². The second-order valence-electron chi connectivity index (χ2n) is 6.86. The number of carbonyl (C=O) groups is 2. The van der Waals surface area contributed by atoms with Crippen LogP contribution in [0.1, 0.15) is 43.2 Å². The molecule has 0 saturated carbocycles. The minimum Gasteiger partial charge on any atom is -0.352 e. The van der Waals surface area contributed by atoms with Gasteiger partial charge < -0.3 is 15.5 Å². The van der Waals surface area contributed by atoms with E-state index >= 15 is 0 Å². The number of carbonyl (C=O) groups excluding carboxylic acids is 2. The molecule has 1 unspecified atom stereocenters. The molecular formula is C19H28ClN3O2. The Hall–Kier alpha value is -1.59. The molecule has 1 aromatic rings. The van der Waals surface area contributed by atoms with Crippen molar-refractivity contribution in [2.45, 2.75) is 45.2 Å². The highest BCUT2D eigenvalue weighted by Gasteiger charge is 2.21.